The van der Waals surface area contributed by atoms with Crippen LogP contribution in [0.4, 0.5) is 0 Å². The van der Waals surface area contributed by atoms with Crippen LogP contribution in [0.25, 0.3) is 11.1 Å². The molecular weight excluding hydrogens is 424 g/mol. The zero-order valence-electron chi connectivity index (χ0n) is 20.3. The Kier molecular flexibility index (Phi) is 8.87. The van der Waals surface area contributed by atoms with Gasteiger partial charge in [0, 0.05) is 6.61 Å². The first-order chi connectivity index (χ1) is 16.7. The molecule has 4 nitrogen and oxygen atoms in total. The minimum atomic E-state index is -0.00311. The van der Waals surface area contributed by atoms with Gasteiger partial charge in [0.05, 0.1) is 6.61 Å². The summed E-state index contributed by atoms with van der Waals surface area (Å²) in [5.74, 6) is 0.715. The summed E-state index contributed by atoms with van der Waals surface area (Å²) in [6, 6.07) is 16.2. The molecule has 180 valence electrons. The highest BCUT2D eigenvalue weighted by atomic mass is 16.7. The molecule has 0 amide bonds. The predicted octanol–water partition coefficient (Wildman–Crippen LogP) is 6.54. The van der Waals surface area contributed by atoms with Gasteiger partial charge in [0.25, 0.3) is 0 Å². The molecule has 34 heavy (non-hydrogen) atoms. The monoisotopic (exact) mass is 460 g/mol. The minimum absolute atomic E-state index is 0.00311. The van der Waals surface area contributed by atoms with E-state index in [0.717, 1.165) is 32.5 Å². The molecule has 3 aliphatic rings. The Balaban J connectivity index is 0.000000868. The molecule has 1 atom stereocenters. The lowest BCUT2D eigenvalue weighted by Crippen LogP contribution is -2.23. The van der Waals surface area contributed by atoms with E-state index >= 15 is 0 Å². The lowest BCUT2D eigenvalue weighted by atomic mass is 9.79. The molecule has 2 aromatic rings. The molecule has 1 saturated heterocycles. The van der Waals surface area contributed by atoms with Crippen LogP contribution in [0.2, 0.25) is 0 Å². The van der Waals surface area contributed by atoms with Crippen LogP contribution < -0.4 is 0 Å². The van der Waals surface area contributed by atoms with E-state index in [2.05, 4.69) is 49.4 Å². The summed E-state index contributed by atoms with van der Waals surface area (Å²) >= 11 is 0. The predicted molar refractivity (Wildman–Crippen MR) is 133 cm³/mol. The third-order valence-electron chi connectivity index (χ3n) is 7.41. The van der Waals surface area contributed by atoms with Crippen molar-refractivity contribution in [1.29, 1.82) is 0 Å². The van der Waals surface area contributed by atoms with E-state index in [-0.39, 0.29) is 12.4 Å². The second kappa shape index (κ2) is 12.3. The first-order valence-electron chi connectivity index (χ1n) is 12.8. The van der Waals surface area contributed by atoms with Crippen molar-refractivity contribution in [2.75, 3.05) is 13.2 Å². The van der Waals surface area contributed by atoms with Gasteiger partial charge in [0.2, 0.25) is 0 Å². The standard InChI is InChI=1S/C29H36O2.CO2/c1-21-14-15-26-24(19-21)20-27(29(26)23-10-3-2-4-11-23)25-12-6-5-9-22(25)16-18-31-28-13-7-8-17-30-28;2-1-3/h5-6,9,12,14-15,19,23,28H,2-4,7-8,10-11,13,16-18,20H2,1H3;. The first-order valence-corrected chi connectivity index (χ1v) is 12.8. The second-order valence-electron chi connectivity index (χ2n) is 9.72. The average molecular weight is 461 g/mol. The third-order valence-corrected chi connectivity index (χ3v) is 7.41. The van der Waals surface area contributed by atoms with Crippen molar-refractivity contribution in [3.8, 4) is 0 Å². The fourth-order valence-corrected chi connectivity index (χ4v) is 5.85. The molecule has 1 unspecified atom stereocenters. The Hall–Kier alpha value is -2.52. The summed E-state index contributed by atoms with van der Waals surface area (Å²) < 4.78 is 11.9. The van der Waals surface area contributed by atoms with Crippen molar-refractivity contribution in [1.82, 2.24) is 0 Å². The van der Waals surface area contributed by atoms with Crippen molar-refractivity contribution in [2.24, 2.45) is 5.92 Å². The maximum Gasteiger partial charge on any atom is 0.373 e. The van der Waals surface area contributed by atoms with Gasteiger partial charge in [-0.2, -0.15) is 9.59 Å². The Bertz CT molecular complexity index is 1020. The van der Waals surface area contributed by atoms with Gasteiger partial charge in [-0.25, -0.2) is 0 Å². The number of rotatable bonds is 6. The smallest absolute Gasteiger partial charge is 0.353 e. The van der Waals surface area contributed by atoms with E-state index in [0.29, 0.717) is 5.92 Å². The Morgan fingerprint density at radius 1 is 0.941 bits per heavy atom. The van der Waals surface area contributed by atoms with Gasteiger partial charge in [-0.05, 0) is 91.2 Å². The van der Waals surface area contributed by atoms with E-state index in [1.807, 2.05) is 0 Å². The quantitative estimate of drug-likeness (QED) is 0.491. The zero-order chi connectivity index (χ0) is 23.8. The normalized spacial score (nSPS) is 20.3. The Morgan fingerprint density at radius 3 is 2.47 bits per heavy atom. The number of carbonyl (C=O) groups excluding carboxylic acids is 2. The Labute approximate surface area is 203 Å². The molecule has 4 heteroatoms. The zero-order valence-corrected chi connectivity index (χ0v) is 20.3. The maximum atomic E-state index is 8.12. The van der Waals surface area contributed by atoms with Crippen LogP contribution in [0, 0.1) is 12.8 Å². The SMILES string of the molecule is Cc1ccc2c(c1)CC(c1ccccc1CCOC1CCCCO1)=C2C1CCCCC1.O=C=O. The lowest BCUT2D eigenvalue weighted by Gasteiger charge is -2.26. The van der Waals surface area contributed by atoms with Crippen molar-refractivity contribution in [3.63, 3.8) is 0 Å². The van der Waals surface area contributed by atoms with Crippen LogP contribution in [0.1, 0.15) is 79.2 Å². The van der Waals surface area contributed by atoms with Crippen molar-refractivity contribution in [2.45, 2.75) is 77.4 Å². The van der Waals surface area contributed by atoms with Gasteiger partial charge in [-0.1, -0.05) is 67.3 Å². The van der Waals surface area contributed by atoms with Gasteiger partial charge >= 0.3 is 6.15 Å². The summed E-state index contributed by atoms with van der Waals surface area (Å²) in [6.07, 6.45) is 12.5. The molecule has 2 aliphatic carbocycles. The van der Waals surface area contributed by atoms with Crippen LogP contribution >= 0.6 is 0 Å². The largest absolute Gasteiger partial charge is 0.373 e. The topological polar surface area (TPSA) is 52.6 Å². The lowest BCUT2D eigenvalue weighted by molar-refractivity contribution is -0.191. The van der Waals surface area contributed by atoms with Crippen LogP contribution in [-0.2, 0) is 31.9 Å². The van der Waals surface area contributed by atoms with Gasteiger partial charge < -0.3 is 9.47 Å². The summed E-state index contributed by atoms with van der Waals surface area (Å²) in [4.78, 5) is 16.2. The highest BCUT2D eigenvalue weighted by molar-refractivity contribution is 5.98. The number of allylic oxidation sites excluding steroid dienone is 2. The van der Waals surface area contributed by atoms with Gasteiger partial charge in [-0.3, -0.25) is 0 Å². The summed E-state index contributed by atoms with van der Waals surface area (Å²) in [5.41, 5.74) is 10.5. The first kappa shape index (κ1) is 24.6. The average Bonchev–Trinajstić information content (AvgIpc) is 3.24. The summed E-state index contributed by atoms with van der Waals surface area (Å²) in [6.45, 7) is 3.80. The van der Waals surface area contributed by atoms with Crippen molar-refractivity contribution >= 4 is 17.3 Å². The molecule has 0 radical (unpaired) electrons. The maximum absolute atomic E-state index is 8.12. The fraction of sp³-hybridized carbons (Fsp3) is 0.500. The van der Waals surface area contributed by atoms with E-state index in [1.165, 1.54) is 72.8 Å². The van der Waals surface area contributed by atoms with Gasteiger partial charge in [0.15, 0.2) is 6.29 Å². The van der Waals surface area contributed by atoms with Crippen LogP contribution in [0.3, 0.4) is 0 Å². The Morgan fingerprint density at radius 2 is 1.71 bits per heavy atom. The molecule has 0 N–H and O–H groups in total. The molecule has 2 aromatic carbocycles. The molecule has 5 rings (SSSR count). The van der Waals surface area contributed by atoms with Gasteiger partial charge in [-0.15, -0.1) is 0 Å². The summed E-state index contributed by atoms with van der Waals surface area (Å²) in [7, 11) is 0. The van der Waals surface area contributed by atoms with Gasteiger partial charge in [0.1, 0.15) is 0 Å². The fourth-order valence-electron chi connectivity index (χ4n) is 5.85. The molecule has 1 heterocycles. The number of hydrogen-bond acceptors (Lipinski definition) is 4. The number of hydrogen-bond donors (Lipinski definition) is 0. The van der Waals surface area contributed by atoms with Crippen molar-refractivity contribution in [3.05, 3.63) is 70.3 Å². The van der Waals surface area contributed by atoms with Crippen LogP contribution in [0.15, 0.2) is 42.5 Å². The van der Waals surface area contributed by atoms with E-state index in [4.69, 9.17) is 19.1 Å². The highest BCUT2D eigenvalue weighted by Gasteiger charge is 2.30. The highest BCUT2D eigenvalue weighted by Crippen LogP contribution is 2.47. The molecule has 0 aromatic heterocycles. The number of ether oxygens (including phenoxy) is 2. The molecular formula is C30H36O4. The number of benzene rings is 2. The van der Waals surface area contributed by atoms with Crippen molar-refractivity contribution < 1.29 is 19.1 Å². The molecule has 2 fully saturated rings. The molecule has 1 saturated carbocycles. The van der Waals surface area contributed by atoms with Crippen LogP contribution in [-0.4, -0.2) is 25.7 Å². The molecule has 1 aliphatic heterocycles. The molecule has 0 spiro atoms. The van der Waals surface area contributed by atoms with E-state index in [1.54, 1.807) is 11.1 Å². The van der Waals surface area contributed by atoms with Crippen LogP contribution in [0.5, 0.6) is 0 Å². The number of aryl methyl sites for hydroxylation is 1. The summed E-state index contributed by atoms with van der Waals surface area (Å²) in [5, 5.41) is 0. The third kappa shape index (κ3) is 5.93. The van der Waals surface area contributed by atoms with E-state index < -0.39 is 0 Å². The minimum Gasteiger partial charge on any atom is -0.353 e. The number of fused-ring (bicyclic) bond motifs is 1. The second-order valence-corrected chi connectivity index (χ2v) is 9.72. The molecule has 0 bridgehead atoms. The van der Waals surface area contributed by atoms with E-state index in [9.17, 15) is 0 Å².